The molecule has 1 heterocycles. The number of aliphatic carboxylic acids is 1. The molecular formula is C24H38N4O8. The average molecular weight is 511 g/mol. The number of imide groups is 1. The van der Waals surface area contributed by atoms with E-state index in [0.29, 0.717) is 19.3 Å². The summed E-state index contributed by atoms with van der Waals surface area (Å²) in [5, 5.41) is 9.29. The maximum absolute atomic E-state index is 13.0. The van der Waals surface area contributed by atoms with E-state index in [1.54, 1.807) is 20.8 Å². The molecule has 0 aromatic heterocycles. The molecular weight excluding hydrogens is 472 g/mol. The molecule has 1 atom stereocenters. The summed E-state index contributed by atoms with van der Waals surface area (Å²) in [6.45, 7) is 5.76. The van der Waals surface area contributed by atoms with Gasteiger partial charge in [0.05, 0.1) is 6.42 Å². The minimum absolute atomic E-state index is 0.0884. The van der Waals surface area contributed by atoms with Crippen LogP contribution in [0.3, 0.4) is 0 Å². The molecule has 0 unspecified atom stereocenters. The number of carboxylic acid groups (broad SMARTS) is 1. The minimum Gasteiger partial charge on any atom is -0.481 e. The first-order valence-corrected chi connectivity index (χ1v) is 11.8. The molecule has 0 fully saturated rings. The molecule has 0 aromatic rings. The molecule has 1 aliphatic rings. The summed E-state index contributed by atoms with van der Waals surface area (Å²) in [6.07, 6.45) is 2.97. The lowest BCUT2D eigenvalue weighted by molar-refractivity contribution is -0.149. The lowest BCUT2D eigenvalue weighted by Crippen LogP contribution is -2.50. The number of carbonyl (C=O) groups excluding carboxylic acids is 5. The Morgan fingerprint density at radius 1 is 0.944 bits per heavy atom. The molecule has 202 valence electrons. The number of carboxylic acids is 1. The molecule has 0 bridgehead atoms. The second kappa shape index (κ2) is 13.6. The van der Waals surface area contributed by atoms with Gasteiger partial charge in [-0.15, -0.1) is 0 Å². The van der Waals surface area contributed by atoms with Crippen molar-refractivity contribution in [2.24, 2.45) is 0 Å². The van der Waals surface area contributed by atoms with Crippen molar-refractivity contribution in [2.75, 3.05) is 40.8 Å². The summed E-state index contributed by atoms with van der Waals surface area (Å²) in [7, 11) is 4.40. The van der Waals surface area contributed by atoms with Crippen LogP contribution in [0, 0.1) is 0 Å². The maximum Gasteiger partial charge on any atom is 0.410 e. The highest BCUT2D eigenvalue weighted by atomic mass is 16.6. The van der Waals surface area contributed by atoms with Crippen LogP contribution in [-0.4, -0.2) is 113 Å². The predicted octanol–water partition coefficient (Wildman–Crippen LogP) is 1.10. The van der Waals surface area contributed by atoms with E-state index in [9.17, 15) is 33.9 Å². The third kappa shape index (κ3) is 10.0. The van der Waals surface area contributed by atoms with E-state index in [1.165, 1.54) is 43.1 Å². The number of ether oxygens (including phenoxy) is 1. The normalized spacial score (nSPS) is 14.0. The summed E-state index contributed by atoms with van der Waals surface area (Å²) in [5.41, 5.74) is -0.664. The summed E-state index contributed by atoms with van der Waals surface area (Å²) in [4.78, 5) is 77.1. The van der Waals surface area contributed by atoms with Gasteiger partial charge in [0.15, 0.2) is 0 Å². The van der Waals surface area contributed by atoms with Crippen LogP contribution in [0.1, 0.15) is 52.9 Å². The van der Waals surface area contributed by atoms with Crippen LogP contribution in [0.5, 0.6) is 0 Å². The number of unbranched alkanes of at least 4 members (excludes halogenated alkanes) is 2. The second-order valence-electron chi connectivity index (χ2n) is 9.75. The molecule has 5 amide bonds. The van der Waals surface area contributed by atoms with Gasteiger partial charge >= 0.3 is 12.1 Å². The first-order chi connectivity index (χ1) is 16.6. The van der Waals surface area contributed by atoms with Gasteiger partial charge in [-0.1, -0.05) is 6.42 Å². The summed E-state index contributed by atoms with van der Waals surface area (Å²) in [5.74, 6) is -2.87. The van der Waals surface area contributed by atoms with Crippen molar-refractivity contribution >= 4 is 35.7 Å². The van der Waals surface area contributed by atoms with E-state index >= 15 is 0 Å². The predicted molar refractivity (Wildman–Crippen MR) is 130 cm³/mol. The van der Waals surface area contributed by atoms with Gasteiger partial charge in [0.1, 0.15) is 11.6 Å². The summed E-state index contributed by atoms with van der Waals surface area (Å²) in [6, 6.07) is -1.20. The molecule has 36 heavy (non-hydrogen) atoms. The van der Waals surface area contributed by atoms with Gasteiger partial charge < -0.3 is 24.5 Å². The standard InChI is InChI=1S/C24H38N4O8/c1-24(2,3)36-23(35)26(5)15-14-25(4)22(34)17(16-21(32)33)27(6)18(29)10-8-7-9-13-28-19(30)11-12-20(28)31/h11-12,17H,7-10,13-16H2,1-6H3,(H,32,33)/t17-/m0/s1. The van der Waals surface area contributed by atoms with Crippen molar-refractivity contribution in [1.29, 1.82) is 0 Å². The molecule has 0 spiro atoms. The Balaban J connectivity index is 2.58. The number of hydrogen-bond acceptors (Lipinski definition) is 7. The van der Waals surface area contributed by atoms with Gasteiger partial charge in [-0.25, -0.2) is 4.79 Å². The Morgan fingerprint density at radius 3 is 2.03 bits per heavy atom. The van der Waals surface area contributed by atoms with Crippen LogP contribution in [0.25, 0.3) is 0 Å². The fourth-order valence-electron chi connectivity index (χ4n) is 3.38. The first-order valence-electron chi connectivity index (χ1n) is 11.8. The molecule has 1 N–H and O–H groups in total. The number of likely N-dealkylation sites (N-methyl/N-ethyl adjacent to an activating group) is 3. The maximum atomic E-state index is 13.0. The highest BCUT2D eigenvalue weighted by Crippen LogP contribution is 2.13. The molecule has 12 heteroatoms. The van der Waals surface area contributed by atoms with Crippen molar-refractivity contribution in [2.45, 2.75) is 64.5 Å². The summed E-state index contributed by atoms with van der Waals surface area (Å²) >= 11 is 0. The van der Waals surface area contributed by atoms with Crippen molar-refractivity contribution in [3.63, 3.8) is 0 Å². The molecule has 1 rings (SSSR count). The lowest BCUT2D eigenvalue weighted by Gasteiger charge is -2.31. The SMILES string of the molecule is CN(CCN(C)C(=O)[C@H](CC(=O)O)N(C)C(=O)CCCCCN1C(=O)C=CC1=O)C(=O)OC(C)(C)C. The van der Waals surface area contributed by atoms with Gasteiger partial charge in [-0.3, -0.25) is 28.9 Å². The zero-order chi connectivity index (χ0) is 27.6. The Morgan fingerprint density at radius 2 is 1.50 bits per heavy atom. The van der Waals surface area contributed by atoms with Crippen molar-refractivity contribution in [3.8, 4) is 0 Å². The zero-order valence-electron chi connectivity index (χ0n) is 22.0. The largest absolute Gasteiger partial charge is 0.481 e. The molecule has 0 aliphatic carbocycles. The van der Waals surface area contributed by atoms with Gasteiger partial charge in [0.25, 0.3) is 11.8 Å². The fraction of sp³-hybridized carbons (Fsp3) is 0.667. The van der Waals surface area contributed by atoms with Crippen LogP contribution >= 0.6 is 0 Å². The Labute approximate surface area is 211 Å². The van der Waals surface area contributed by atoms with E-state index in [0.717, 1.165) is 9.80 Å². The molecule has 12 nitrogen and oxygen atoms in total. The van der Waals surface area contributed by atoms with Crippen LogP contribution in [0.15, 0.2) is 12.2 Å². The van der Waals surface area contributed by atoms with Crippen molar-refractivity contribution < 1.29 is 38.6 Å². The molecule has 1 aliphatic heterocycles. The van der Waals surface area contributed by atoms with E-state index in [4.69, 9.17) is 4.74 Å². The van der Waals surface area contributed by atoms with Crippen molar-refractivity contribution in [3.05, 3.63) is 12.2 Å². The highest BCUT2D eigenvalue weighted by molar-refractivity contribution is 6.12. The van der Waals surface area contributed by atoms with E-state index < -0.39 is 36.0 Å². The smallest absolute Gasteiger partial charge is 0.410 e. The van der Waals surface area contributed by atoms with Gasteiger partial charge in [0.2, 0.25) is 11.8 Å². The summed E-state index contributed by atoms with van der Waals surface area (Å²) < 4.78 is 5.27. The third-order valence-electron chi connectivity index (χ3n) is 5.54. The number of rotatable bonds is 13. The number of carbonyl (C=O) groups is 6. The average Bonchev–Trinajstić information content (AvgIpc) is 3.10. The monoisotopic (exact) mass is 510 g/mol. The highest BCUT2D eigenvalue weighted by Gasteiger charge is 2.31. The lowest BCUT2D eigenvalue weighted by atomic mass is 10.1. The molecule has 0 aromatic carbocycles. The van der Waals surface area contributed by atoms with Crippen LogP contribution in [0.4, 0.5) is 4.79 Å². The van der Waals surface area contributed by atoms with Crippen molar-refractivity contribution in [1.82, 2.24) is 19.6 Å². The van der Waals surface area contributed by atoms with Gasteiger partial charge in [0, 0.05) is 59.4 Å². The second-order valence-corrected chi connectivity index (χ2v) is 9.75. The van der Waals surface area contributed by atoms with E-state index in [-0.39, 0.29) is 43.8 Å². The topological polar surface area (TPSA) is 145 Å². The number of amides is 5. The number of hydrogen-bond donors (Lipinski definition) is 1. The Kier molecular flexibility index (Phi) is 11.6. The quantitative estimate of drug-likeness (QED) is 0.286. The van der Waals surface area contributed by atoms with Crippen LogP contribution in [0.2, 0.25) is 0 Å². The number of nitrogens with zero attached hydrogens (tertiary/aromatic N) is 4. The minimum atomic E-state index is -1.22. The first kappa shape index (κ1) is 30.6. The third-order valence-corrected chi connectivity index (χ3v) is 5.54. The van der Waals surface area contributed by atoms with Crippen LogP contribution < -0.4 is 0 Å². The van der Waals surface area contributed by atoms with E-state index in [2.05, 4.69) is 0 Å². The fourth-order valence-corrected chi connectivity index (χ4v) is 3.38. The van der Waals surface area contributed by atoms with Crippen LogP contribution in [-0.2, 0) is 28.7 Å². The van der Waals surface area contributed by atoms with Gasteiger partial charge in [-0.05, 0) is 33.6 Å². The Hall–Kier alpha value is -3.44. The molecule has 0 saturated heterocycles. The zero-order valence-corrected chi connectivity index (χ0v) is 22.0. The van der Waals surface area contributed by atoms with Gasteiger partial charge in [-0.2, -0.15) is 0 Å². The Bertz CT molecular complexity index is 862. The molecule has 0 saturated carbocycles. The molecule has 0 radical (unpaired) electrons. The van der Waals surface area contributed by atoms with E-state index in [1.807, 2.05) is 0 Å².